The average molecular weight is 166 g/mol. The Balaban J connectivity index is 2.73. The monoisotopic (exact) mass is 166 g/mol. The van der Waals surface area contributed by atoms with Crippen molar-refractivity contribution >= 4 is 11.9 Å². The maximum Gasteiger partial charge on any atom is 0.152 e. The van der Waals surface area contributed by atoms with E-state index >= 15 is 0 Å². The number of nitrogen functional groups attached to an aromatic ring is 1. The number of likely N-dealkylation sites (N-methyl/N-ethyl adjacent to an activating group) is 1. The van der Waals surface area contributed by atoms with E-state index in [1.807, 2.05) is 26.1 Å². The lowest BCUT2D eigenvalue weighted by Crippen LogP contribution is -2.03. The van der Waals surface area contributed by atoms with Gasteiger partial charge in [0.1, 0.15) is 0 Å². The third-order valence-electron chi connectivity index (χ3n) is 1.63. The molecule has 0 unspecified atom stereocenters. The molecule has 0 aliphatic rings. The van der Waals surface area contributed by atoms with Gasteiger partial charge in [-0.3, -0.25) is 5.10 Å². The Morgan fingerprint density at radius 2 is 2.42 bits per heavy atom. The van der Waals surface area contributed by atoms with E-state index in [-0.39, 0.29) is 0 Å². The molecule has 1 aromatic heterocycles. The van der Waals surface area contributed by atoms with Gasteiger partial charge >= 0.3 is 0 Å². The lowest BCUT2D eigenvalue weighted by molar-refractivity contribution is 0.922. The summed E-state index contributed by atoms with van der Waals surface area (Å²) in [6.45, 7) is 2.78. The summed E-state index contributed by atoms with van der Waals surface area (Å²) in [7, 11) is 1.90. The summed E-state index contributed by atoms with van der Waals surface area (Å²) in [5.41, 5.74) is 7.59. The first kappa shape index (κ1) is 8.80. The van der Waals surface area contributed by atoms with Crippen molar-refractivity contribution in [3.05, 3.63) is 17.3 Å². The summed E-state index contributed by atoms with van der Waals surface area (Å²) in [5, 5.41) is 9.70. The van der Waals surface area contributed by atoms with E-state index < -0.39 is 0 Å². The average Bonchev–Trinajstić information content (AvgIpc) is 2.35. The summed E-state index contributed by atoms with van der Waals surface area (Å²) in [6, 6.07) is 0. The zero-order valence-electron chi connectivity index (χ0n) is 7.39. The van der Waals surface area contributed by atoms with Gasteiger partial charge in [-0.2, -0.15) is 5.10 Å². The molecule has 0 radical (unpaired) electrons. The Morgan fingerprint density at radius 1 is 1.67 bits per heavy atom. The van der Waals surface area contributed by atoms with Crippen LogP contribution in [0, 0.1) is 6.92 Å². The highest BCUT2D eigenvalue weighted by molar-refractivity contribution is 5.63. The molecule has 1 heterocycles. The van der Waals surface area contributed by atoms with E-state index in [9.17, 15) is 0 Å². The van der Waals surface area contributed by atoms with Crippen LogP contribution in [0.5, 0.6) is 0 Å². The van der Waals surface area contributed by atoms with E-state index in [2.05, 4.69) is 15.5 Å². The molecule has 1 aromatic rings. The maximum atomic E-state index is 5.61. The summed E-state index contributed by atoms with van der Waals surface area (Å²) < 4.78 is 0. The van der Waals surface area contributed by atoms with Crippen LogP contribution in [0.1, 0.15) is 11.3 Å². The van der Waals surface area contributed by atoms with E-state index in [0.29, 0.717) is 5.82 Å². The number of aromatic amines is 1. The maximum absolute atomic E-state index is 5.61. The van der Waals surface area contributed by atoms with Gasteiger partial charge in [0.25, 0.3) is 0 Å². The molecule has 4 N–H and O–H groups in total. The Kier molecular flexibility index (Phi) is 2.88. The topological polar surface area (TPSA) is 66.7 Å². The van der Waals surface area contributed by atoms with Crippen molar-refractivity contribution < 1.29 is 0 Å². The minimum atomic E-state index is 0.555. The van der Waals surface area contributed by atoms with Crippen molar-refractivity contribution in [2.24, 2.45) is 0 Å². The second-order valence-electron chi connectivity index (χ2n) is 2.61. The molecule has 4 heteroatoms. The lowest BCUT2D eigenvalue weighted by Gasteiger charge is -1.91. The van der Waals surface area contributed by atoms with Gasteiger partial charge in [-0.15, -0.1) is 0 Å². The number of rotatable bonds is 3. The lowest BCUT2D eigenvalue weighted by atomic mass is 10.2. The molecule has 0 aliphatic heterocycles. The molecular weight excluding hydrogens is 152 g/mol. The number of hydrogen-bond donors (Lipinski definition) is 3. The number of nitrogens with zero attached hydrogens (tertiary/aromatic N) is 1. The first-order chi connectivity index (χ1) is 5.75. The molecule has 0 spiro atoms. The Hall–Kier alpha value is -1.29. The van der Waals surface area contributed by atoms with Crippen LogP contribution in [0.2, 0.25) is 0 Å². The molecule has 66 valence electrons. The van der Waals surface area contributed by atoms with Crippen molar-refractivity contribution in [2.45, 2.75) is 6.92 Å². The van der Waals surface area contributed by atoms with Gasteiger partial charge in [0, 0.05) is 17.8 Å². The zero-order valence-corrected chi connectivity index (χ0v) is 7.39. The fraction of sp³-hybridized carbons (Fsp3) is 0.375. The number of aromatic nitrogens is 2. The minimum Gasteiger partial charge on any atom is -0.382 e. The molecule has 0 aliphatic carbocycles. The van der Waals surface area contributed by atoms with Crippen molar-refractivity contribution in [3.8, 4) is 0 Å². The third-order valence-corrected chi connectivity index (χ3v) is 1.63. The van der Waals surface area contributed by atoms with Crippen LogP contribution >= 0.6 is 0 Å². The number of nitrogens with one attached hydrogen (secondary N) is 2. The van der Waals surface area contributed by atoms with Crippen LogP contribution in [0.3, 0.4) is 0 Å². The predicted molar refractivity (Wildman–Crippen MR) is 50.7 cm³/mol. The standard InChI is InChI=1S/C8H14N4/c1-6-7(4-3-5-10-2)8(9)12-11-6/h3-4,10H,5H2,1-2H3,(H3,9,11,12). The van der Waals surface area contributed by atoms with Crippen LogP contribution in [0.25, 0.3) is 6.08 Å². The molecule has 4 nitrogen and oxygen atoms in total. The Labute approximate surface area is 71.9 Å². The van der Waals surface area contributed by atoms with Crippen molar-refractivity contribution in [1.29, 1.82) is 0 Å². The van der Waals surface area contributed by atoms with Crippen molar-refractivity contribution in [1.82, 2.24) is 15.5 Å². The van der Waals surface area contributed by atoms with Crippen LogP contribution in [-0.2, 0) is 0 Å². The molecule has 12 heavy (non-hydrogen) atoms. The van der Waals surface area contributed by atoms with Crippen LogP contribution in [0.4, 0.5) is 5.82 Å². The molecule has 0 atom stereocenters. The van der Waals surface area contributed by atoms with Crippen LogP contribution in [-0.4, -0.2) is 23.8 Å². The van der Waals surface area contributed by atoms with Gasteiger partial charge < -0.3 is 11.1 Å². The van der Waals surface area contributed by atoms with E-state index in [1.165, 1.54) is 0 Å². The van der Waals surface area contributed by atoms with Crippen molar-refractivity contribution in [2.75, 3.05) is 19.3 Å². The number of hydrogen-bond acceptors (Lipinski definition) is 3. The molecule has 0 fully saturated rings. The quantitative estimate of drug-likeness (QED) is 0.613. The summed E-state index contributed by atoms with van der Waals surface area (Å²) in [5.74, 6) is 0.555. The largest absolute Gasteiger partial charge is 0.382 e. The Morgan fingerprint density at radius 3 is 2.92 bits per heavy atom. The second kappa shape index (κ2) is 3.92. The minimum absolute atomic E-state index is 0.555. The van der Waals surface area contributed by atoms with Gasteiger partial charge in [0.15, 0.2) is 5.82 Å². The van der Waals surface area contributed by atoms with E-state index in [1.54, 1.807) is 0 Å². The summed E-state index contributed by atoms with van der Waals surface area (Å²) in [4.78, 5) is 0. The van der Waals surface area contributed by atoms with Crippen LogP contribution in [0.15, 0.2) is 6.08 Å². The normalized spacial score (nSPS) is 11.2. The molecule has 0 amide bonds. The first-order valence-corrected chi connectivity index (χ1v) is 3.87. The molecule has 1 rings (SSSR count). The third kappa shape index (κ3) is 1.85. The highest BCUT2D eigenvalue weighted by Crippen LogP contribution is 2.13. The second-order valence-corrected chi connectivity index (χ2v) is 2.61. The van der Waals surface area contributed by atoms with E-state index in [0.717, 1.165) is 17.8 Å². The van der Waals surface area contributed by atoms with Gasteiger partial charge in [0.2, 0.25) is 0 Å². The highest BCUT2D eigenvalue weighted by atomic mass is 15.2. The molecule has 0 bridgehead atoms. The smallest absolute Gasteiger partial charge is 0.152 e. The van der Waals surface area contributed by atoms with E-state index in [4.69, 9.17) is 5.73 Å². The summed E-state index contributed by atoms with van der Waals surface area (Å²) in [6.07, 6.45) is 3.97. The number of H-pyrrole nitrogens is 1. The SMILES string of the molecule is CNCC=Cc1c(N)n[nH]c1C. The van der Waals surface area contributed by atoms with Gasteiger partial charge in [-0.05, 0) is 14.0 Å². The van der Waals surface area contributed by atoms with Gasteiger partial charge in [0.05, 0.1) is 0 Å². The first-order valence-electron chi connectivity index (χ1n) is 3.87. The zero-order chi connectivity index (χ0) is 8.97. The summed E-state index contributed by atoms with van der Waals surface area (Å²) >= 11 is 0. The fourth-order valence-corrected chi connectivity index (χ4v) is 0.962. The van der Waals surface area contributed by atoms with Crippen molar-refractivity contribution in [3.63, 3.8) is 0 Å². The predicted octanol–water partition coefficient (Wildman–Crippen LogP) is 0.533. The highest BCUT2D eigenvalue weighted by Gasteiger charge is 2.01. The molecule has 0 saturated carbocycles. The Bertz CT molecular complexity index is 255. The van der Waals surface area contributed by atoms with Gasteiger partial charge in [-0.25, -0.2) is 0 Å². The number of nitrogens with two attached hydrogens (primary N) is 1. The molecular formula is C8H14N4. The number of anilines is 1. The fourth-order valence-electron chi connectivity index (χ4n) is 0.962. The number of aryl methyl sites for hydroxylation is 1. The molecule has 0 aromatic carbocycles. The van der Waals surface area contributed by atoms with Gasteiger partial charge in [-0.1, -0.05) is 12.2 Å². The molecule has 0 saturated heterocycles. The van der Waals surface area contributed by atoms with Crippen LogP contribution < -0.4 is 11.1 Å².